The minimum Gasteiger partial charge on any atom is -0.457 e. The Hall–Kier alpha value is -4.31. The maximum atomic E-state index is 6.74. The Kier molecular flexibility index (Phi) is 7.88. The van der Waals surface area contributed by atoms with Gasteiger partial charge in [0.15, 0.2) is 5.71 Å². The standard InChI is InChI=1S/C40H46N3O/c1-7-42-34-21-11-9-19-32(34)39(3,4)36(42)25-23-28-15-13-16-29(38(28)44-31-18-14-17-30(41)27-31)24-26-37-40(5,6)33-20-10-12-22-35(33)43(37)8-2/h9-12,14,17-27H,7-8,13,15-16,41H2,1-6H3/q+1. The molecule has 2 heterocycles. The van der Waals surface area contributed by atoms with Gasteiger partial charge in [-0.2, -0.15) is 4.58 Å². The fraction of sp³-hybridized carbons (Fsp3) is 0.325. The predicted octanol–water partition coefficient (Wildman–Crippen LogP) is 9.37. The summed E-state index contributed by atoms with van der Waals surface area (Å²) in [6.07, 6.45) is 12.3. The van der Waals surface area contributed by atoms with Crippen LogP contribution in [0, 0.1) is 0 Å². The van der Waals surface area contributed by atoms with Crippen LogP contribution in [0.1, 0.15) is 71.9 Å². The van der Waals surface area contributed by atoms with Gasteiger partial charge in [0.25, 0.3) is 0 Å². The fourth-order valence-electron chi connectivity index (χ4n) is 7.37. The zero-order valence-electron chi connectivity index (χ0n) is 27.2. The Morgan fingerprint density at radius 1 is 0.841 bits per heavy atom. The monoisotopic (exact) mass is 584 g/mol. The van der Waals surface area contributed by atoms with Gasteiger partial charge in [-0.15, -0.1) is 0 Å². The molecule has 0 radical (unpaired) electrons. The van der Waals surface area contributed by atoms with E-state index < -0.39 is 0 Å². The summed E-state index contributed by atoms with van der Waals surface area (Å²) in [4.78, 5) is 2.45. The fourth-order valence-corrected chi connectivity index (χ4v) is 7.37. The van der Waals surface area contributed by atoms with Gasteiger partial charge < -0.3 is 15.4 Å². The summed E-state index contributed by atoms with van der Waals surface area (Å²) >= 11 is 0. The summed E-state index contributed by atoms with van der Waals surface area (Å²) in [5.41, 5.74) is 17.2. The second-order valence-electron chi connectivity index (χ2n) is 13.1. The Morgan fingerprint density at radius 3 is 2.34 bits per heavy atom. The molecule has 0 bridgehead atoms. The molecule has 3 aromatic carbocycles. The van der Waals surface area contributed by atoms with Crippen LogP contribution in [-0.2, 0) is 10.8 Å². The van der Waals surface area contributed by atoms with Crippen molar-refractivity contribution in [1.82, 2.24) is 0 Å². The highest BCUT2D eigenvalue weighted by molar-refractivity contribution is 6.03. The normalized spacial score (nSPS) is 20.6. The van der Waals surface area contributed by atoms with E-state index in [0.717, 1.165) is 43.9 Å². The van der Waals surface area contributed by atoms with Crippen molar-refractivity contribution >= 4 is 22.8 Å². The molecule has 226 valence electrons. The Balaban J connectivity index is 1.44. The van der Waals surface area contributed by atoms with Crippen molar-refractivity contribution in [2.45, 2.75) is 71.6 Å². The molecule has 0 spiro atoms. The molecular formula is C40H46N3O+. The van der Waals surface area contributed by atoms with Gasteiger partial charge in [-0.05, 0) is 94.0 Å². The highest BCUT2D eigenvalue weighted by Gasteiger charge is 2.43. The topological polar surface area (TPSA) is 41.5 Å². The number of rotatable bonds is 7. The molecule has 2 aliphatic heterocycles. The number of fused-ring (bicyclic) bond motifs is 2. The molecule has 3 aliphatic rings. The number of hydrogen-bond acceptors (Lipinski definition) is 3. The van der Waals surface area contributed by atoms with Crippen LogP contribution >= 0.6 is 0 Å². The van der Waals surface area contributed by atoms with Crippen LogP contribution in [0.3, 0.4) is 0 Å². The summed E-state index contributed by atoms with van der Waals surface area (Å²) in [5.74, 6) is 1.72. The highest BCUT2D eigenvalue weighted by Crippen LogP contribution is 2.47. The minimum absolute atomic E-state index is 0.0804. The number of nitrogens with zero attached hydrogens (tertiary/aromatic N) is 2. The van der Waals surface area contributed by atoms with Gasteiger partial charge in [0.1, 0.15) is 18.1 Å². The van der Waals surface area contributed by atoms with Gasteiger partial charge in [0.05, 0.1) is 5.41 Å². The number of hydrogen-bond donors (Lipinski definition) is 1. The minimum atomic E-state index is -0.0804. The van der Waals surface area contributed by atoms with Gasteiger partial charge in [0, 0.05) is 52.8 Å². The molecule has 6 rings (SSSR count). The third-order valence-electron chi connectivity index (χ3n) is 9.67. The lowest BCUT2D eigenvalue weighted by Gasteiger charge is -2.26. The van der Waals surface area contributed by atoms with Crippen molar-refractivity contribution < 1.29 is 9.31 Å². The van der Waals surface area contributed by atoms with Crippen molar-refractivity contribution in [2.75, 3.05) is 23.7 Å². The number of benzene rings is 3. The molecule has 3 aromatic rings. The number of nitrogens with two attached hydrogens (primary N) is 1. The smallest absolute Gasteiger partial charge is 0.209 e. The zero-order chi connectivity index (χ0) is 31.1. The van der Waals surface area contributed by atoms with E-state index in [9.17, 15) is 0 Å². The molecule has 2 N–H and O–H groups in total. The first-order chi connectivity index (χ1) is 21.2. The first-order valence-corrected chi connectivity index (χ1v) is 16.1. The van der Waals surface area contributed by atoms with Gasteiger partial charge in [-0.25, -0.2) is 0 Å². The van der Waals surface area contributed by atoms with E-state index in [1.54, 1.807) is 0 Å². The quantitative estimate of drug-likeness (QED) is 0.222. The van der Waals surface area contributed by atoms with E-state index >= 15 is 0 Å². The van der Waals surface area contributed by atoms with Crippen LogP contribution in [0.15, 0.2) is 120 Å². The maximum absolute atomic E-state index is 6.74. The van der Waals surface area contributed by atoms with Gasteiger partial charge in [-0.1, -0.05) is 62.4 Å². The van der Waals surface area contributed by atoms with Crippen LogP contribution in [0.25, 0.3) is 0 Å². The largest absolute Gasteiger partial charge is 0.457 e. The van der Waals surface area contributed by atoms with E-state index in [2.05, 4.69) is 124 Å². The van der Waals surface area contributed by atoms with E-state index in [4.69, 9.17) is 10.5 Å². The van der Waals surface area contributed by atoms with Crippen LogP contribution in [0.2, 0.25) is 0 Å². The Morgan fingerprint density at radius 2 is 1.59 bits per heavy atom. The molecule has 0 unspecified atom stereocenters. The number of ether oxygens (including phenoxy) is 1. The van der Waals surface area contributed by atoms with Crippen LogP contribution in [0.5, 0.6) is 5.75 Å². The van der Waals surface area contributed by atoms with E-state index in [1.807, 2.05) is 24.3 Å². The molecule has 4 heteroatoms. The Bertz CT molecular complexity index is 1750. The summed E-state index contributed by atoms with van der Waals surface area (Å²) in [6.45, 7) is 15.6. The van der Waals surface area contributed by atoms with Crippen molar-refractivity contribution in [3.8, 4) is 5.75 Å². The predicted molar refractivity (Wildman–Crippen MR) is 185 cm³/mol. The lowest BCUT2D eigenvalue weighted by Crippen LogP contribution is -2.27. The number of likely N-dealkylation sites (N-methyl/N-ethyl adjacent to an activating group) is 1. The molecule has 4 nitrogen and oxygen atoms in total. The second-order valence-corrected chi connectivity index (χ2v) is 13.1. The summed E-state index contributed by atoms with van der Waals surface area (Å²) in [5, 5.41) is 0. The zero-order valence-corrected chi connectivity index (χ0v) is 27.2. The molecule has 0 fully saturated rings. The lowest BCUT2D eigenvalue weighted by atomic mass is 9.81. The van der Waals surface area contributed by atoms with Crippen LogP contribution < -0.4 is 15.4 Å². The molecule has 0 aromatic heterocycles. The first-order valence-electron chi connectivity index (χ1n) is 16.1. The third kappa shape index (κ3) is 5.11. The Labute approximate surface area is 263 Å². The molecule has 44 heavy (non-hydrogen) atoms. The first kappa shape index (κ1) is 29.7. The number of nitrogen functional groups attached to an aromatic ring is 1. The molecule has 1 aliphatic carbocycles. The number of anilines is 2. The molecule has 0 atom stereocenters. The van der Waals surface area contributed by atoms with Gasteiger partial charge in [-0.3, -0.25) is 0 Å². The average Bonchev–Trinajstić information content (AvgIpc) is 3.37. The molecule has 0 amide bonds. The number of para-hydroxylation sites is 2. The summed E-state index contributed by atoms with van der Waals surface area (Å²) in [6, 6.07) is 25.4. The highest BCUT2D eigenvalue weighted by atomic mass is 16.5. The maximum Gasteiger partial charge on any atom is 0.209 e. The van der Waals surface area contributed by atoms with Gasteiger partial charge >= 0.3 is 0 Å². The van der Waals surface area contributed by atoms with Crippen molar-refractivity contribution in [1.29, 1.82) is 0 Å². The number of allylic oxidation sites excluding steroid dienone is 7. The molecule has 0 saturated carbocycles. The summed E-state index contributed by atoms with van der Waals surface area (Å²) in [7, 11) is 0. The van der Waals surface area contributed by atoms with E-state index in [-0.39, 0.29) is 10.8 Å². The van der Waals surface area contributed by atoms with Crippen molar-refractivity contribution in [2.24, 2.45) is 0 Å². The molecular weight excluding hydrogens is 538 g/mol. The van der Waals surface area contributed by atoms with Crippen molar-refractivity contribution in [3.63, 3.8) is 0 Å². The SMILES string of the molecule is CCN1/C(=C/C=C2\CCCC(/C=C/C3=[N+](CC)c4ccccc4C3(C)C)=C2Oc2cccc(N)c2)C(C)(C)c2ccccc21. The third-order valence-corrected chi connectivity index (χ3v) is 9.67. The van der Waals surface area contributed by atoms with Crippen LogP contribution in [-0.4, -0.2) is 23.4 Å². The summed E-state index contributed by atoms with van der Waals surface area (Å²) < 4.78 is 9.19. The van der Waals surface area contributed by atoms with E-state index in [0.29, 0.717) is 5.69 Å². The van der Waals surface area contributed by atoms with Gasteiger partial charge in [0.2, 0.25) is 5.69 Å². The van der Waals surface area contributed by atoms with Crippen LogP contribution in [0.4, 0.5) is 17.1 Å². The van der Waals surface area contributed by atoms with Crippen molar-refractivity contribution in [3.05, 3.63) is 131 Å². The molecule has 0 saturated heterocycles. The second kappa shape index (κ2) is 11.6. The lowest BCUT2D eigenvalue weighted by molar-refractivity contribution is -0.433. The average molecular weight is 585 g/mol. The van der Waals surface area contributed by atoms with E-state index in [1.165, 1.54) is 45.1 Å².